The standard InChI is InChI=1S/C24H26N6O/c25-19-21-5-1-2-6-23(21)28-14-4-15-29(18-17-28)24(31)26-13-11-20-7-9-22(10-8-20)30-16-3-12-27-30/h1-3,5-10,12,16H,4,11,13-15,17-18H2,(H,26,31). The third kappa shape index (κ3) is 5.04. The van der Waals surface area contributed by atoms with Crippen molar-refractivity contribution in [2.45, 2.75) is 12.8 Å². The van der Waals surface area contributed by atoms with E-state index in [0.717, 1.165) is 43.9 Å². The highest BCUT2D eigenvalue weighted by Crippen LogP contribution is 2.21. The molecule has 158 valence electrons. The van der Waals surface area contributed by atoms with Crippen molar-refractivity contribution in [3.8, 4) is 11.8 Å². The number of nitrogens with one attached hydrogen (secondary N) is 1. The van der Waals surface area contributed by atoms with Gasteiger partial charge in [-0.2, -0.15) is 10.4 Å². The Morgan fingerprint density at radius 2 is 1.87 bits per heavy atom. The van der Waals surface area contributed by atoms with Crippen LogP contribution in [0.15, 0.2) is 67.0 Å². The van der Waals surface area contributed by atoms with E-state index in [2.05, 4.69) is 33.5 Å². The van der Waals surface area contributed by atoms with E-state index in [-0.39, 0.29) is 6.03 Å². The molecule has 0 spiro atoms. The molecule has 7 nitrogen and oxygen atoms in total. The summed E-state index contributed by atoms with van der Waals surface area (Å²) in [6, 6.07) is 20.0. The molecule has 2 amide bonds. The fraction of sp³-hybridized carbons (Fsp3) is 0.292. The van der Waals surface area contributed by atoms with Crippen LogP contribution in [0.3, 0.4) is 0 Å². The lowest BCUT2D eigenvalue weighted by Crippen LogP contribution is -2.42. The third-order valence-corrected chi connectivity index (χ3v) is 5.54. The van der Waals surface area contributed by atoms with E-state index in [1.807, 2.05) is 58.2 Å². The molecule has 0 atom stereocenters. The molecule has 7 heteroatoms. The average Bonchev–Trinajstić information content (AvgIpc) is 3.24. The van der Waals surface area contributed by atoms with Gasteiger partial charge in [-0.15, -0.1) is 0 Å². The number of nitriles is 1. The molecule has 0 bridgehead atoms. The first-order chi connectivity index (χ1) is 15.2. The van der Waals surface area contributed by atoms with Crippen LogP contribution in [0.5, 0.6) is 0 Å². The first-order valence-corrected chi connectivity index (χ1v) is 10.6. The fourth-order valence-electron chi connectivity index (χ4n) is 3.87. The number of carbonyl (C=O) groups excluding carboxylic acids is 1. The maximum Gasteiger partial charge on any atom is 0.317 e. The number of benzene rings is 2. The summed E-state index contributed by atoms with van der Waals surface area (Å²) in [7, 11) is 0. The van der Waals surface area contributed by atoms with Crippen LogP contribution in [-0.4, -0.2) is 53.4 Å². The zero-order valence-corrected chi connectivity index (χ0v) is 17.4. The zero-order chi connectivity index (χ0) is 21.5. The minimum absolute atomic E-state index is 0.0245. The second-order valence-corrected chi connectivity index (χ2v) is 7.56. The number of rotatable bonds is 5. The molecule has 1 aliphatic rings. The zero-order valence-electron chi connectivity index (χ0n) is 17.4. The molecule has 0 aliphatic carbocycles. The highest BCUT2D eigenvalue weighted by atomic mass is 16.2. The van der Waals surface area contributed by atoms with Gasteiger partial charge in [0.15, 0.2) is 0 Å². The van der Waals surface area contributed by atoms with Gasteiger partial charge in [-0.1, -0.05) is 24.3 Å². The Morgan fingerprint density at radius 3 is 2.65 bits per heavy atom. The van der Waals surface area contributed by atoms with Gasteiger partial charge in [0.2, 0.25) is 0 Å². The maximum atomic E-state index is 12.6. The van der Waals surface area contributed by atoms with Gasteiger partial charge in [0.05, 0.1) is 16.9 Å². The number of nitrogens with zero attached hydrogens (tertiary/aromatic N) is 5. The predicted octanol–water partition coefficient (Wildman–Crippen LogP) is 3.21. The van der Waals surface area contributed by atoms with Crippen LogP contribution in [0.2, 0.25) is 0 Å². The van der Waals surface area contributed by atoms with Gasteiger partial charge >= 0.3 is 6.03 Å². The number of aromatic nitrogens is 2. The smallest absolute Gasteiger partial charge is 0.317 e. The number of hydrogen-bond donors (Lipinski definition) is 1. The summed E-state index contributed by atoms with van der Waals surface area (Å²) in [5.74, 6) is 0. The topological polar surface area (TPSA) is 77.2 Å². The van der Waals surface area contributed by atoms with Crippen LogP contribution in [0.1, 0.15) is 17.5 Å². The molecule has 1 saturated heterocycles. The highest BCUT2D eigenvalue weighted by molar-refractivity contribution is 5.74. The van der Waals surface area contributed by atoms with Crippen molar-refractivity contribution in [1.29, 1.82) is 5.26 Å². The summed E-state index contributed by atoms with van der Waals surface area (Å²) >= 11 is 0. The number of carbonyl (C=O) groups is 1. The molecule has 0 unspecified atom stereocenters. The van der Waals surface area contributed by atoms with Crippen LogP contribution < -0.4 is 10.2 Å². The van der Waals surface area contributed by atoms with Gasteiger partial charge in [0, 0.05) is 45.1 Å². The van der Waals surface area contributed by atoms with E-state index in [1.54, 1.807) is 6.20 Å². The summed E-state index contributed by atoms with van der Waals surface area (Å²) in [5, 5.41) is 16.6. The Hall–Kier alpha value is -3.79. The number of urea groups is 1. The molecular weight excluding hydrogens is 388 g/mol. The Bertz CT molecular complexity index is 1040. The molecule has 1 aromatic heterocycles. The van der Waals surface area contributed by atoms with E-state index in [9.17, 15) is 10.1 Å². The van der Waals surface area contributed by atoms with Crippen LogP contribution in [0, 0.1) is 11.3 Å². The molecule has 1 N–H and O–H groups in total. The molecule has 0 radical (unpaired) electrons. The molecule has 4 rings (SSSR count). The molecule has 1 aliphatic heterocycles. The molecule has 0 saturated carbocycles. The first-order valence-electron chi connectivity index (χ1n) is 10.6. The lowest BCUT2D eigenvalue weighted by atomic mass is 10.1. The van der Waals surface area contributed by atoms with Crippen molar-refractivity contribution in [3.63, 3.8) is 0 Å². The minimum Gasteiger partial charge on any atom is -0.369 e. The Labute approximate surface area is 182 Å². The molecule has 1 fully saturated rings. The van der Waals surface area contributed by atoms with Crippen molar-refractivity contribution in [2.24, 2.45) is 0 Å². The Balaban J connectivity index is 1.26. The van der Waals surface area contributed by atoms with Crippen LogP contribution in [0.4, 0.5) is 10.5 Å². The van der Waals surface area contributed by atoms with Gasteiger partial charge in [-0.25, -0.2) is 9.48 Å². The predicted molar refractivity (Wildman–Crippen MR) is 120 cm³/mol. The van der Waals surface area contributed by atoms with Gasteiger partial charge in [-0.05, 0) is 48.7 Å². The number of anilines is 1. The third-order valence-electron chi connectivity index (χ3n) is 5.54. The Morgan fingerprint density at radius 1 is 1.03 bits per heavy atom. The maximum absolute atomic E-state index is 12.6. The van der Waals surface area contributed by atoms with E-state index in [1.165, 1.54) is 5.56 Å². The molecule has 2 aromatic carbocycles. The van der Waals surface area contributed by atoms with Gasteiger partial charge in [0.1, 0.15) is 6.07 Å². The molecule has 3 aromatic rings. The number of para-hydroxylation sites is 1. The van der Waals surface area contributed by atoms with Crippen LogP contribution in [-0.2, 0) is 6.42 Å². The number of hydrogen-bond acceptors (Lipinski definition) is 4. The largest absolute Gasteiger partial charge is 0.369 e. The van der Waals surface area contributed by atoms with E-state index in [4.69, 9.17) is 0 Å². The van der Waals surface area contributed by atoms with Crippen LogP contribution >= 0.6 is 0 Å². The van der Waals surface area contributed by atoms with Crippen LogP contribution in [0.25, 0.3) is 5.69 Å². The molecule has 2 heterocycles. The quantitative estimate of drug-likeness (QED) is 0.696. The van der Waals surface area contributed by atoms with Gasteiger partial charge in [0.25, 0.3) is 0 Å². The average molecular weight is 415 g/mol. The first kappa shape index (κ1) is 20.5. The molecule has 31 heavy (non-hydrogen) atoms. The normalized spacial score (nSPS) is 14.0. The Kier molecular flexibility index (Phi) is 6.48. The molecular formula is C24H26N6O. The summed E-state index contributed by atoms with van der Waals surface area (Å²) in [6.07, 6.45) is 5.33. The highest BCUT2D eigenvalue weighted by Gasteiger charge is 2.20. The second kappa shape index (κ2) is 9.81. The summed E-state index contributed by atoms with van der Waals surface area (Å²) in [6.45, 7) is 3.52. The van der Waals surface area contributed by atoms with Gasteiger partial charge in [-0.3, -0.25) is 0 Å². The van der Waals surface area contributed by atoms with Crippen molar-refractivity contribution in [1.82, 2.24) is 20.0 Å². The van der Waals surface area contributed by atoms with Gasteiger partial charge < -0.3 is 15.1 Å². The lowest BCUT2D eigenvalue weighted by Gasteiger charge is -2.24. The summed E-state index contributed by atoms with van der Waals surface area (Å²) in [5.41, 5.74) is 3.82. The minimum atomic E-state index is -0.0245. The summed E-state index contributed by atoms with van der Waals surface area (Å²) in [4.78, 5) is 16.7. The second-order valence-electron chi connectivity index (χ2n) is 7.56. The number of amides is 2. The van der Waals surface area contributed by atoms with E-state index in [0.29, 0.717) is 18.7 Å². The van der Waals surface area contributed by atoms with Crippen molar-refractivity contribution in [3.05, 3.63) is 78.1 Å². The monoisotopic (exact) mass is 414 g/mol. The lowest BCUT2D eigenvalue weighted by molar-refractivity contribution is 0.201. The van der Waals surface area contributed by atoms with Crippen molar-refractivity contribution in [2.75, 3.05) is 37.6 Å². The SMILES string of the molecule is N#Cc1ccccc1N1CCCN(C(=O)NCCc2ccc(-n3cccn3)cc2)CC1. The summed E-state index contributed by atoms with van der Waals surface area (Å²) < 4.78 is 1.82. The van der Waals surface area contributed by atoms with E-state index < -0.39 is 0 Å². The van der Waals surface area contributed by atoms with Crippen molar-refractivity contribution >= 4 is 11.7 Å². The fourth-order valence-corrected chi connectivity index (χ4v) is 3.87. The van der Waals surface area contributed by atoms with Crippen molar-refractivity contribution < 1.29 is 4.79 Å². The van der Waals surface area contributed by atoms with E-state index >= 15 is 0 Å².